The van der Waals surface area contributed by atoms with Gasteiger partial charge in [-0.3, -0.25) is 0 Å². The van der Waals surface area contributed by atoms with E-state index < -0.39 is 0 Å². The van der Waals surface area contributed by atoms with Gasteiger partial charge < -0.3 is 0 Å². The number of fused-ring (bicyclic) bond motifs is 5. The number of hydrogen-bond acceptors (Lipinski definition) is 1. The first-order valence-electron chi connectivity index (χ1n) is 12.2. The van der Waals surface area contributed by atoms with Crippen molar-refractivity contribution in [2.45, 2.75) is 0 Å². The summed E-state index contributed by atoms with van der Waals surface area (Å²) in [7, 11) is 0. The molecule has 0 N–H and O–H groups in total. The van der Waals surface area contributed by atoms with Crippen LogP contribution in [-0.2, 0) is 0 Å². The Kier molecular flexibility index (Phi) is 5.21. The van der Waals surface area contributed by atoms with Gasteiger partial charge in [-0.15, -0.1) is 0 Å². The van der Waals surface area contributed by atoms with E-state index in [0.29, 0.717) is 0 Å². The quantitative estimate of drug-likeness (QED) is 0.207. The van der Waals surface area contributed by atoms with Crippen molar-refractivity contribution in [3.8, 4) is 11.1 Å². The molecule has 7 rings (SSSR count). The van der Waals surface area contributed by atoms with Crippen molar-refractivity contribution in [2.24, 2.45) is 0 Å². The van der Waals surface area contributed by atoms with Gasteiger partial charge in [0, 0.05) is 0 Å². The summed E-state index contributed by atoms with van der Waals surface area (Å²) in [6.07, 6.45) is 0. The standard InChI is InChI=1S/C34H23NSe/c1-3-9-24(10-4-1)25-15-18-28(19-16-25)35(27-12-5-2-6-13-27)29-20-22-31-32-21-17-26-11-7-8-14-30(26)34(32)36-33(31)23-29/h1-23H. The summed E-state index contributed by atoms with van der Waals surface area (Å²) in [5.74, 6) is 0. The fourth-order valence-electron chi connectivity index (χ4n) is 5.09. The molecule has 0 saturated carbocycles. The second-order valence-electron chi connectivity index (χ2n) is 9.03. The van der Waals surface area contributed by atoms with Gasteiger partial charge in [-0.1, -0.05) is 0 Å². The Balaban J connectivity index is 1.38. The van der Waals surface area contributed by atoms with Gasteiger partial charge in [0.05, 0.1) is 0 Å². The number of hydrogen-bond donors (Lipinski definition) is 0. The minimum absolute atomic E-state index is 0.279. The molecule has 0 aliphatic heterocycles. The molecule has 0 spiro atoms. The van der Waals surface area contributed by atoms with Gasteiger partial charge in [0.1, 0.15) is 0 Å². The third-order valence-electron chi connectivity index (χ3n) is 6.85. The molecule has 0 unspecified atom stereocenters. The normalized spacial score (nSPS) is 11.3. The van der Waals surface area contributed by atoms with Crippen molar-refractivity contribution < 1.29 is 0 Å². The van der Waals surface area contributed by atoms with E-state index >= 15 is 0 Å². The van der Waals surface area contributed by atoms with E-state index in [1.54, 1.807) is 0 Å². The Hall–Kier alpha value is -4.10. The number of rotatable bonds is 4. The number of anilines is 3. The number of para-hydroxylation sites is 1. The molecule has 0 atom stereocenters. The van der Waals surface area contributed by atoms with Crippen LogP contribution >= 0.6 is 0 Å². The Labute approximate surface area is 216 Å². The van der Waals surface area contributed by atoms with Crippen molar-refractivity contribution in [3.63, 3.8) is 0 Å². The number of nitrogens with zero attached hydrogens (tertiary/aromatic N) is 1. The van der Waals surface area contributed by atoms with E-state index in [-0.39, 0.29) is 14.5 Å². The van der Waals surface area contributed by atoms with Gasteiger partial charge in [0.15, 0.2) is 0 Å². The molecule has 0 aliphatic rings. The van der Waals surface area contributed by atoms with Crippen molar-refractivity contribution >= 4 is 61.6 Å². The van der Waals surface area contributed by atoms with Gasteiger partial charge in [0.2, 0.25) is 0 Å². The maximum atomic E-state index is 2.40. The van der Waals surface area contributed by atoms with Crippen molar-refractivity contribution in [3.05, 3.63) is 140 Å². The predicted molar refractivity (Wildman–Crippen MR) is 156 cm³/mol. The fraction of sp³-hybridized carbons (Fsp3) is 0. The molecule has 170 valence electrons. The summed E-state index contributed by atoms with van der Waals surface area (Å²) in [5, 5.41) is 5.50. The molecule has 0 fully saturated rings. The SMILES string of the molecule is c1ccc(-c2ccc(N(c3ccccc3)c3ccc4c(c3)[se]c3c5ccccc5ccc43)cc2)cc1. The average molecular weight is 525 g/mol. The van der Waals surface area contributed by atoms with Crippen LogP contribution in [0.25, 0.3) is 41.2 Å². The molecule has 0 radical (unpaired) electrons. The van der Waals surface area contributed by atoms with Crippen LogP contribution in [0.3, 0.4) is 0 Å². The minimum atomic E-state index is 0.279. The van der Waals surface area contributed by atoms with Gasteiger partial charge in [-0.2, -0.15) is 0 Å². The second-order valence-corrected chi connectivity index (χ2v) is 11.2. The van der Waals surface area contributed by atoms with E-state index in [4.69, 9.17) is 0 Å². The van der Waals surface area contributed by atoms with Crippen LogP contribution in [-0.4, -0.2) is 14.5 Å². The maximum absolute atomic E-state index is 2.40. The first kappa shape index (κ1) is 21.2. The van der Waals surface area contributed by atoms with E-state index in [1.807, 2.05) is 0 Å². The number of benzene rings is 6. The van der Waals surface area contributed by atoms with Crippen LogP contribution in [0.2, 0.25) is 0 Å². The Bertz CT molecular complexity index is 1820. The zero-order valence-electron chi connectivity index (χ0n) is 19.6. The van der Waals surface area contributed by atoms with E-state index in [1.165, 1.54) is 52.6 Å². The second kappa shape index (κ2) is 8.84. The first-order chi connectivity index (χ1) is 17.8. The van der Waals surface area contributed by atoms with E-state index in [2.05, 4.69) is 144 Å². The summed E-state index contributed by atoms with van der Waals surface area (Å²) in [6, 6.07) is 50.5. The topological polar surface area (TPSA) is 3.24 Å². The first-order valence-corrected chi connectivity index (χ1v) is 13.9. The van der Waals surface area contributed by atoms with Crippen LogP contribution in [0, 0.1) is 0 Å². The summed E-state index contributed by atoms with van der Waals surface area (Å²) < 4.78 is 2.96. The molecule has 0 saturated heterocycles. The molecular weight excluding hydrogens is 501 g/mol. The molecule has 2 heteroatoms. The monoisotopic (exact) mass is 525 g/mol. The summed E-state index contributed by atoms with van der Waals surface area (Å²) in [4.78, 5) is 2.37. The molecule has 0 bridgehead atoms. The molecule has 1 nitrogen and oxygen atoms in total. The van der Waals surface area contributed by atoms with E-state index in [9.17, 15) is 0 Å². The van der Waals surface area contributed by atoms with Gasteiger partial charge in [-0.05, 0) is 0 Å². The molecule has 7 aromatic rings. The zero-order chi connectivity index (χ0) is 23.9. The Morgan fingerprint density at radius 2 is 1.03 bits per heavy atom. The van der Waals surface area contributed by atoms with E-state index in [0.717, 1.165) is 5.69 Å². The summed E-state index contributed by atoms with van der Waals surface area (Å²) in [5.41, 5.74) is 5.99. The van der Waals surface area contributed by atoms with Gasteiger partial charge in [0.25, 0.3) is 0 Å². The van der Waals surface area contributed by atoms with Crippen LogP contribution in [0.15, 0.2) is 140 Å². The fourth-order valence-corrected chi connectivity index (χ4v) is 7.76. The Morgan fingerprint density at radius 3 is 1.83 bits per heavy atom. The molecule has 0 amide bonds. The van der Waals surface area contributed by atoms with Gasteiger partial charge in [-0.25, -0.2) is 0 Å². The zero-order valence-corrected chi connectivity index (χ0v) is 21.3. The van der Waals surface area contributed by atoms with Crippen molar-refractivity contribution in [2.75, 3.05) is 4.90 Å². The molecule has 1 heterocycles. The van der Waals surface area contributed by atoms with Gasteiger partial charge >= 0.3 is 217 Å². The predicted octanol–water partition coefficient (Wildman–Crippen LogP) is 9.34. The third-order valence-corrected chi connectivity index (χ3v) is 9.37. The van der Waals surface area contributed by atoms with Crippen LogP contribution in [0.1, 0.15) is 0 Å². The Morgan fingerprint density at radius 1 is 0.417 bits per heavy atom. The molecule has 6 aromatic carbocycles. The average Bonchev–Trinajstić information content (AvgIpc) is 3.33. The van der Waals surface area contributed by atoms with Crippen LogP contribution < -0.4 is 4.90 Å². The van der Waals surface area contributed by atoms with Crippen LogP contribution in [0.5, 0.6) is 0 Å². The van der Waals surface area contributed by atoms with Crippen molar-refractivity contribution in [1.29, 1.82) is 0 Å². The molecule has 1 aromatic heterocycles. The van der Waals surface area contributed by atoms with Crippen LogP contribution in [0.4, 0.5) is 17.1 Å². The third kappa shape index (κ3) is 3.63. The summed E-state index contributed by atoms with van der Waals surface area (Å²) in [6.45, 7) is 0. The molecule has 36 heavy (non-hydrogen) atoms. The molecule has 0 aliphatic carbocycles. The molecular formula is C34H23NSe. The summed E-state index contributed by atoms with van der Waals surface area (Å²) >= 11 is 0.279. The van der Waals surface area contributed by atoms with Crippen molar-refractivity contribution in [1.82, 2.24) is 0 Å².